The van der Waals surface area contributed by atoms with Crippen LogP contribution in [0.1, 0.15) is 23.7 Å². The van der Waals surface area contributed by atoms with Gasteiger partial charge in [-0.25, -0.2) is 0 Å². The largest absolute Gasteiger partial charge is 0.342 e. The second-order valence-corrected chi connectivity index (χ2v) is 4.61. The first-order valence-electron chi connectivity index (χ1n) is 6.12. The molecule has 2 heterocycles. The first kappa shape index (κ1) is 9.91. The lowest BCUT2D eigenvalue weighted by atomic mass is 10.1. The van der Waals surface area contributed by atoms with E-state index < -0.39 is 0 Å². The van der Waals surface area contributed by atoms with Gasteiger partial charge in [-0.2, -0.15) is 0 Å². The zero-order chi connectivity index (χ0) is 11.1. The molecule has 0 saturated heterocycles. The number of nitrogens with one attached hydrogen (secondary N) is 1. The van der Waals surface area contributed by atoms with Crippen molar-refractivity contribution in [3.63, 3.8) is 0 Å². The quantitative estimate of drug-likeness (QED) is 0.772. The molecule has 1 N–H and O–H groups in total. The summed E-state index contributed by atoms with van der Waals surface area (Å²) in [6, 6.07) is 6.91. The van der Waals surface area contributed by atoms with Gasteiger partial charge in [0.2, 0.25) is 0 Å². The van der Waals surface area contributed by atoms with Gasteiger partial charge in [0, 0.05) is 36.2 Å². The highest BCUT2D eigenvalue weighted by molar-refractivity contribution is 5.86. The molecule has 1 aliphatic rings. The molecule has 2 nitrogen and oxygen atoms in total. The standard InChI is InChI=1S/C14H18N2/c1-3-11-4-5-13-12(8-11)10(2)14-9-15-6-7-16(13)14/h4-5,8,15H,3,6-7,9H2,1-2H3. The van der Waals surface area contributed by atoms with Crippen LogP contribution in [0.3, 0.4) is 0 Å². The Hall–Kier alpha value is -1.28. The molecule has 0 radical (unpaired) electrons. The van der Waals surface area contributed by atoms with Crippen LogP contribution in [0, 0.1) is 6.92 Å². The van der Waals surface area contributed by atoms with Gasteiger partial charge in [0.15, 0.2) is 0 Å². The highest BCUT2D eigenvalue weighted by Gasteiger charge is 2.16. The van der Waals surface area contributed by atoms with Crippen LogP contribution < -0.4 is 5.32 Å². The van der Waals surface area contributed by atoms with Gasteiger partial charge in [0.25, 0.3) is 0 Å². The number of rotatable bonds is 1. The van der Waals surface area contributed by atoms with Gasteiger partial charge in [-0.3, -0.25) is 0 Å². The average molecular weight is 214 g/mol. The number of hydrogen-bond acceptors (Lipinski definition) is 1. The highest BCUT2D eigenvalue weighted by atomic mass is 15.1. The molecule has 0 fully saturated rings. The molecular weight excluding hydrogens is 196 g/mol. The maximum atomic E-state index is 3.45. The molecule has 16 heavy (non-hydrogen) atoms. The smallest absolute Gasteiger partial charge is 0.0486 e. The summed E-state index contributed by atoms with van der Waals surface area (Å²) in [7, 11) is 0. The maximum Gasteiger partial charge on any atom is 0.0486 e. The summed E-state index contributed by atoms with van der Waals surface area (Å²) < 4.78 is 2.47. The third-order valence-electron chi connectivity index (χ3n) is 3.73. The van der Waals surface area contributed by atoms with E-state index in [1.807, 2.05) is 0 Å². The Labute approximate surface area is 96.3 Å². The lowest BCUT2D eigenvalue weighted by molar-refractivity contribution is 0.524. The van der Waals surface area contributed by atoms with Gasteiger partial charge in [0.1, 0.15) is 0 Å². The molecule has 2 aromatic rings. The topological polar surface area (TPSA) is 17.0 Å². The number of hydrogen-bond donors (Lipinski definition) is 1. The molecular formula is C14H18N2. The molecule has 0 unspecified atom stereocenters. The molecule has 0 aliphatic carbocycles. The average Bonchev–Trinajstić information content (AvgIpc) is 2.64. The van der Waals surface area contributed by atoms with E-state index in [0.717, 1.165) is 26.1 Å². The molecule has 1 aromatic heterocycles. The summed E-state index contributed by atoms with van der Waals surface area (Å²) in [6.45, 7) is 7.67. The fourth-order valence-electron chi connectivity index (χ4n) is 2.72. The van der Waals surface area contributed by atoms with Gasteiger partial charge >= 0.3 is 0 Å². The van der Waals surface area contributed by atoms with Crippen LogP contribution in [0.5, 0.6) is 0 Å². The van der Waals surface area contributed by atoms with Crippen LogP contribution in [0.2, 0.25) is 0 Å². The van der Waals surface area contributed by atoms with Gasteiger partial charge in [-0.05, 0) is 36.6 Å². The Morgan fingerprint density at radius 1 is 1.38 bits per heavy atom. The monoisotopic (exact) mass is 214 g/mol. The fraction of sp³-hybridized carbons (Fsp3) is 0.429. The minimum atomic E-state index is 1.02. The van der Waals surface area contributed by atoms with E-state index in [0.29, 0.717) is 0 Å². The van der Waals surface area contributed by atoms with E-state index >= 15 is 0 Å². The summed E-state index contributed by atoms with van der Waals surface area (Å²) in [5, 5.41) is 4.89. The zero-order valence-electron chi connectivity index (χ0n) is 10.0. The molecule has 0 amide bonds. The van der Waals surface area contributed by atoms with Crippen molar-refractivity contribution in [2.45, 2.75) is 33.4 Å². The number of aryl methyl sites for hydroxylation is 2. The second-order valence-electron chi connectivity index (χ2n) is 4.61. The normalized spacial score (nSPS) is 15.4. The van der Waals surface area contributed by atoms with E-state index in [-0.39, 0.29) is 0 Å². The van der Waals surface area contributed by atoms with E-state index in [4.69, 9.17) is 0 Å². The Bertz CT molecular complexity index is 537. The van der Waals surface area contributed by atoms with Gasteiger partial charge in [-0.15, -0.1) is 0 Å². The maximum absolute atomic E-state index is 3.45. The Balaban J connectivity index is 2.30. The van der Waals surface area contributed by atoms with Crippen molar-refractivity contribution < 1.29 is 0 Å². The Morgan fingerprint density at radius 3 is 3.06 bits per heavy atom. The van der Waals surface area contributed by atoms with Gasteiger partial charge < -0.3 is 9.88 Å². The van der Waals surface area contributed by atoms with E-state index in [1.54, 1.807) is 0 Å². The summed E-state index contributed by atoms with van der Waals surface area (Å²) in [6.07, 6.45) is 1.12. The first-order chi connectivity index (χ1) is 7.81. The van der Waals surface area contributed by atoms with Crippen LogP contribution in [0.4, 0.5) is 0 Å². The number of nitrogens with zero attached hydrogens (tertiary/aromatic N) is 1. The summed E-state index contributed by atoms with van der Waals surface area (Å²) in [5.41, 5.74) is 5.77. The van der Waals surface area contributed by atoms with Crippen molar-refractivity contribution in [2.24, 2.45) is 0 Å². The number of aromatic nitrogens is 1. The van der Waals surface area contributed by atoms with Crippen LogP contribution in [0.15, 0.2) is 18.2 Å². The predicted molar refractivity (Wildman–Crippen MR) is 67.8 cm³/mol. The summed E-state index contributed by atoms with van der Waals surface area (Å²) in [5.74, 6) is 0. The zero-order valence-corrected chi connectivity index (χ0v) is 10.0. The summed E-state index contributed by atoms with van der Waals surface area (Å²) in [4.78, 5) is 0. The van der Waals surface area contributed by atoms with E-state index in [9.17, 15) is 0 Å². The molecule has 3 rings (SSSR count). The number of fused-ring (bicyclic) bond motifs is 3. The predicted octanol–water partition coefficient (Wildman–Crippen LogP) is 2.62. The van der Waals surface area contributed by atoms with Gasteiger partial charge in [-0.1, -0.05) is 13.0 Å². The van der Waals surface area contributed by atoms with Crippen molar-refractivity contribution in [2.75, 3.05) is 6.54 Å². The van der Waals surface area contributed by atoms with Crippen LogP contribution in [-0.4, -0.2) is 11.1 Å². The van der Waals surface area contributed by atoms with Crippen molar-refractivity contribution in [3.05, 3.63) is 35.0 Å². The highest BCUT2D eigenvalue weighted by Crippen LogP contribution is 2.28. The second kappa shape index (κ2) is 3.63. The molecule has 1 aromatic carbocycles. The van der Waals surface area contributed by atoms with E-state index in [2.05, 4.69) is 41.9 Å². The molecule has 0 atom stereocenters. The molecule has 1 aliphatic heterocycles. The third kappa shape index (κ3) is 1.30. The minimum absolute atomic E-state index is 1.02. The van der Waals surface area contributed by atoms with Crippen LogP contribution in [0.25, 0.3) is 10.9 Å². The number of benzene rings is 1. The van der Waals surface area contributed by atoms with Crippen LogP contribution >= 0.6 is 0 Å². The van der Waals surface area contributed by atoms with Crippen molar-refractivity contribution in [3.8, 4) is 0 Å². The Morgan fingerprint density at radius 2 is 2.25 bits per heavy atom. The SMILES string of the molecule is CCc1ccc2c(c1)c(C)c1n2CCNC1. The first-order valence-corrected chi connectivity index (χ1v) is 6.12. The molecule has 0 spiro atoms. The molecule has 0 bridgehead atoms. The van der Waals surface area contributed by atoms with Crippen molar-refractivity contribution in [1.82, 2.24) is 9.88 Å². The molecule has 84 valence electrons. The Kier molecular flexibility index (Phi) is 2.25. The third-order valence-corrected chi connectivity index (χ3v) is 3.73. The van der Waals surface area contributed by atoms with E-state index in [1.165, 1.54) is 27.7 Å². The van der Waals surface area contributed by atoms with Crippen LogP contribution in [-0.2, 0) is 19.5 Å². The molecule has 0 saturated carbocycles. The lowest BCUT2D eigenvalue weighted by Crippen LogP contribution is -2.27. The van der Waals surface area contributed by atoms with Gasteiger partial charge in [0.05, 0.1) is 0 Å². The van der Waals surface area contributed by atoms with Crippen molar-refractivity contribution in [1.29, 1.82) is 0 Å². The minimum Gasteiger partial charge on any atom is -0.342 e. The van der Waals surface area contributed by atoms with Crippen molar-refractivity contribution >= 4 is 10.9 Å². The fourth-order valence-corrected chi connectivity index (χ4v) is 2.72. The summed E-state index contributed by atoms with van der Waals surface area (Å²) >= 11 is 0. The lowest BCUT2D eigenvalue weighted by Gasteiger charge is -2.17. The molecule has 2 heteroatoms.